The number of methoxy groups -OCH3 is 1. The monoisotopic (exact) mass is 318 g/mol. The van der Waals surface area contributed by atoms with Crippen molar-refractivity contribution in [3.8, 4) is 0 Å². The van der Waals surface area contributed by atoms with Crippen LogP contribution in [0.2, 0.25) is 0 Å². The van der Waals surface area contributed by atoms with Crippen LogP contribution in [0.15, 0.2) is 24.3 Å². The Balaban J connectivity index is 1.88. The van der Waals surface area contributed by atoms with Crippen LogP contribution in [0, 0.1) is 0 Å². The van der Waals surface area contributed by atoms with Crippen LogP contribution in [0.4, 0.5) is 5.69 Å². The minimum Gasteiger partial charge on any atom is -0.465 e. The first-order valence-corrected chi connectivity index (χ1v) is 8.37. The highest BCUT2D eigenvalue weighted by Crippen LogP contribution is 2.22. The third kappa shape index (κ3) is 4.71. The van der Waals surface area contributed by atoms with Crippen LogP contribution in [0.25, 0.3) is 0 Å². The smallest absolute Gasteiger partial charge is 0.337 e. The Hall–Kier alpha value is -2.04. The molecule has 2 rings (SSSR count). The summed E-state index contributed by atoms with van der Waals surface area (Å²) in [6, 6.07) is 7.35. The number of carbonyl (C=O) groups is 2. The van der Waals surface area contributed by atoms with Gasteiger partial charge in [-0.15, -0.1) is 0 Å². The summed E-state index contributed by atoms with van der Waals surface area (Å²) in [4.78, 5) is 25.8. The highest BCUT2D eigenvalue weighted by atomic mass is 16.5. The summed E-state index contributed by atoms with van der Waals surface area (Å²) in [5, 5.41) is 3.14. The van der Waals surface area contributed by atoms with E-state index in [1.165, 1.54) is 26.4 Å². The van der Waals surface area contributed by atoms with Crippen molar-refractivity contribution in [2.75, 3.05) is 25.5 Å². The van der Waals surface area contributed by atoms with Gasteiger partial charge >= 0.3 is 5.97 Å². The lowest BCUT2D eigenvalue weighted by molar-refractivity contribution is -0.132. The van der Waals surface area contributed by atoms with E-state index in [4.69, 9.17) is 0 Å². The molecule has 0 spiro atoms. The molecule has 0 atom stereocenters. The number of benzene rings is 1. The molecule has 1 aromatic carbocycles. The maximum absolute atomic E-state index is 12.5. The summed E-state index contributed by atoms with van der Waals surface area (Å²) in [7, 11) is 1.36. The number of nitrogens with one attached hydrogen (secondary N) is 1. The summed E-state index contributed by atoms with van der Waals surface area (Å²) >= 11 is 0. The lowest BCUT2D eigenvalue weighted by Gasteiger charge is -2.33. The summed E-state index contributed by atoms with van der Waals surface area (Å²) in [5.74, 6) is -0.224. The second-order valence-corrected chi connectivity index (χ2v) is 5.89. The SMILES string of the molecule is CCN(C(=O)CNc1ccc(C(=O)OC)cc1)C1CCCCC1. The minimum absolute atomic E-state index is 0.136. The number of rotatable bonds is 6. The van der Waals surface area contributed by atoms with Gasteiger partial charge in [-0.1, -0.05) is 19.3 Å². The molecule has 1 amide bonds. The zero-order valence-electron chi connectivity index (χ0n) is 14.0. The van der Waals surface area contributed by atoms with Gasteiger partial charge < -0.3 is 15.0 Å². The molecule has 0 bridgehead atoms. The number of amides is 1. The Labute approximate surface area is 138 Å². The summed E-state index contributed by atoms with van der Waals surface area (Å²) in [5.41, 5.74) is 1.33. The van der Waals surface area contributed by atoms with Crippen molar-refractivity contribution in [2.24, 2.45) is 0 Å². The molecule has 126 valence electrons. The largest absolute Gasteiger partial charge is 0.465 e. The first-order valence-electron chi connectivity index (χ1n) is 8.37. The van der Waals surface area contributed by atoms with Crippen LogP contribution in [0.1, 0.15) is 49.4 Å². The molecule has 1 aliphatic carbocycles. The molecule has 1 N–H and O–H groups in total. The summed E-state index contributed by atoms with van der Waals surface area (Å²) in [6.45, 7) is 3.08. The van der Waals surface area contributed by atoms with Gasteiger partial charge in [0.2, 0.25) is 5.91 Å². The Morgan fingerprint density at radius 2 is 1.83 bits per heavy atom. The average molecular weight is 318 g/mol. The van der Waals surface area contributed by atoms with E-state index >= 15 is 0 Å². The van der Waals surface area contributed by atoms with Crippen LogP contribution in [-0.2, 0) is 9.53 Å². The quantitative estimate of drug-likeness (QED) is 0.819. The Kier molecular flexibility index (Phi) is 6.44. The van der Waals surface area contributed by atoms with Gasteiger partial charge in [-0.3, -0.25) is 4.79 Å². The van der Waals surface area contributed by atoms with Crippen molar-refractivity contribution in [3.05, 3.63) is 29.8 Å². The summed E-state index contributed by atoms with van der Waals surface area (Å²) < 4.78 is 4.67. The first kappa shape index (κ1) is 17.3. The van der Waals surface area contributed by atoms with Gasteiger partial charge in [0, 0.05) is 18.3 Å². The molecular formula is C18H26N2O3. The number of anilines is 1. The highest BCUT2D eigenvalue weighted by molar-refractivity contribution is 5.89. The van der Waals surface area contributed by atoms with E-state index in [2.05, 4.69) is 10.1 Å². The third-order valence-corrected chi connectivity index (χ3v) is 4.43. The van der Waals surface area contributed by atoms with E-state index in [0.29, 0.717) is 11.6 Å². The van der Waals surface area contributed by atoms with Gasteiger partial charge in [0.25, 0.3) is 0 Å². The average Bonchev–Trinajstić information content (AvgIpc) is 2.61. The molecule has 1 aromatic rings. The lowest BCUT2D eigenvalue weighted by Crippen LogP contribution is -2.43. The molecule has 23 heavy (non-hydrogen) atoms. The second kappa shape index (κ2) is 8.56. The fraction of sp³-hybridized carbons (Fsp3) is 0.556. The van der Waals surface area contributed by atoms with Gasteiger partial charge in [0.05, 0.1) is 19.2 Å². The Morgan fingerprint density at radius 1 is 1.17 bits per heavy atom. The molecule has 1 fully saturated rings. The van der Waals surface area contributed by atoms with Crippen LogP contribution < -0.4 is 5.32 Å². The molecule has 0 heterocycles. The normalized spacial score (nSPS) is 15.0. The fourth-order valence-electron chi connectivity index (χ4n) is 3.15. The molecule has 0 aromatic heterocycles. The van der Waals surface area contributed by atoms with Crippen LogP contribution >= 0.6 is 0 Å². The van der Waals surface area contributed by atoms with Crippen LogP contribution in [0.5, 0.6) is 0 Å². The van der Waals surface area contributed by atoms with Crippen LogP contribution in [-0.4, -0.2) is 43.0 Å². The minimum atomic E-state index is -0.359. The predicted octanol–water partition coefficient (Wildman–Crippen LogP) is 3.07. The van der Waals surface area contributed by atoms with Crippen molar-refractivity contribution in [1.29, 1.82) is 0 Å². The first-order chi connectivity index (χ1) is 11.2. The molecule has 5 heteroatoms. The van der Waals surface area contributed by atoms with Crippen molar-refractivity contribution in [3.63, 3.8) is 0 Å². The number of esters is 1. The number of hydrogen-bond acceptors (Lipinski definition) is 4. The number of ether oxygens (including phenoxy) is 1. The number of hydrogen-bond donors (Lipinski definition) is 1. The summed E-state index contributed by atoms with van der Waals surface area (Å²) in [6.07, 6.45) is 5.96. The molecule has 5 nitrogen and oxygen atoms in total. The number of nitrogens with zero attached hydrogens (tertiary/aromatic N) is 1. The van der Waals surface area contributed by atoms with E-state index < -0.39 is 0 Å². The Morgan fingerprint density at radius 3 is 2.39 bits per heavy atom. The lowest BCUT2D eigenvalue weighted by atomic mass is 9.94. The Bertz CT molecular complexity index is 522. The molecule has 1 saturated carbocycles. The molecule has 0 unspecified atom stereocenters. The fourth-order valence-corrected chi connectivity index (χ4v) is 3.15. The van der Waals surface area contributed by atoms with Gasteiger partial charge in [0.15, 0.2) is 0 Å². The van der Waals surface area contributed by atoms with E-state index in [1.807, 2.05) is 11.8 Å². The van der Waals surface area contributed by atoms with E-state index in [1.54, 1.807) is 24.3 Å². The van der Waals surface area contributed by atoms with E-state index in [9.17, 15) is 9.59 Å². The number of likely N-dealkylation sites (N-methyl/N-ethyl adjacent to an activating group) is 1. The van der Waals surface area contributed by atoms with Crippen molar-refractivity contribution in [1.82, 2.24) is 4.90 Å². The molecule has 0 saturated heterocycles. The van der Waals surface area contributed by atoms with Crippen LogP contribution in [0.3, 0.4) is 0 Å². The van der Waals surface area contributed by atoms with Crippen molar-refractivity contribution >= 4 is 17.6 Å². The van der Waals surface area contributed by atoms with Crippen molar-refractivity contribution in [2.45, 2.75) is 45.1 Å². The maximum atomic E-state index is 12.5. The molecule has 0 radical (unpaired) electrons. The van der Waals surface area contributed by atoms with E-state index in [-0.39, 0.29) is 18.4 Å². The highest BCUT2D eigenvalue weighted by Gasteiger charge is 2.23. The maximum Gasteiger partial charge on any atom is 0.337 e. The van der Waals surface area contributed by atoms with Gasteiger partial charge in [-0.2, -0.15) is 0 Å². The zero-order valence-corrected chi connectivity index (χ0v) is 14.0. The number of carbonyl (C=O) groups excluding carboxylic acids is 2. The molecular weight excluding hydrogens is 292 g/mol. The van der Waals surface area contributed by atoms with E-state index in [0.717, 1.165) is 25.1 Å². The molecule has 0 aliphatic heterocycles. The van der Waals surface area contributed by atoms with Gasteiger partial charge in [-0.05, 0) is 44.0 Å². The zero-order chi connectivity index (χ0) is 16.7. The molecule has 1 aliphatic rings. The topological polar surface area (TPSA) is 58.6 Å². The van der Waals surface area contributed by atoms with Crippen molar-refractivity contribution < 1.29 is 14.3 Å². The third-order valence-electron chi connectivity index (χ3n) is 4.43. The van der Waals surface area contributed by atoms with Gasteiger partial charge in [0.1, 0.15) is 0 Å². The predicted molar refractivity (Wildman–Crippen MR) is 90.5 cm³/mol. The van der Waals surface area contributed by atoms with Gasteiger partial charge in [-0.25, -0.2) is 4.79 Å². The second-order valence-electron chi connectivity index (χ2n) is 5.89. The standard InChI is InChI=1S/C18H26N2O3/c1-3-20(16-7-5-4-6-8-16)17(21)13-19-15-11-9-14(10-12-15)18(22)23-2/h9-12,16,19H,3-8,13H2,1-2H3.